The molecular weight excluding hydrogens is 261 g/mol. The Balaban J connectivity index is 2.58. The number of alkyl halides is 1. The van der Waals surface area contributed by atoms with Crippen molar-refractivity contribution in [3.8, 4) is 0 Å². The maximum atomic E-state index is 13.5. The normalized spacial score (nSPS) is 22.5. The SMILES string of the molecule is CC(C)(C)OC(=O)N1CCCC(C(F)C(=O)Cl)C1. The lowest BCUT2D eigenvalue weighted by Gasteiger charge is -2.34. The van der Waals surface area contributed by atoms with Crippen LogP contribution in [0.4, 0.5) is 9.18 Å². The summed E-state index contributed by atoms with van der Waals surface area (Å²) in [6.07, 6.45) is -0.980. The third kappa shape index (κ3) is 4.44. The number of ether oxygens (including phenoxy) is 1. The van der Waals surface area contributed by atoms with Crippen LogP contribution in [0.5, 0.6) is 0 Å². The molecule has 1 heterocycles. The van der Waals surface area contributed by atoms with Crippen LogP contribution in [0.25, 0.3) is 0 Å². The summed E-state index contributed by atoms with van der Waals surface area (Å²) in [5.41, 5.74) is -0.582. The Labute approximate surface area is 111 Å². The highest BCUT2D eigenvalue weighted by atomic mass is 35.5. The minimum absolute atomic E-state index is 0.175. The minimum atomic E-state index is -1.71. The third-order valence-corrected chi connectivity index (χ3v) is 2.95. The summed E-state index contributed by atoms with van der Waals surface area (Å²) < 4.78 is 18.7. The van der Waals surface area contributed by atoms with E-state index in [9.17, 15) is 14.0 Å². The predicted molar refractivity (Wildman–Crippen MR) is 66.3 cm³/mol. The number of likely N-dealkylation sites (tertiary alicyclic amines) is 1. The average molecular weight is 280 g/mol. The smallest absolute Gasteiger partial charge is 0.410 e. The second-order valence-electron chi connectivity index (χ2n) is 5.53. The van der Waals surface area contributed by atoms with E-state index in [2.05, 4.69) is 0 Å². The molecule has 2 atom stereocenters. The Morgan fingerprint density at radius 1 is 1.44 bits per heavy atom. The molecule has 1 aliphatic rings. The molecule has 104 valence electrons. The van der Waals surface area contributed by atoms with Crippen LogP contribution in [-0.2, 0) is 9.53 Å². The van der Waals surface area contributed by atoms with Crippen molar-refractivity contribution in [2.45, 2.75) is 45.4 Å². The number of halogens is 2. The number of hydrogen-bond donors (Lipinski definition) is 0. The van der Waals surface area contributed by atoms with Gasteiger partial charge in [-0.05, 0) is 45.2 Å². The largest absolute Gasteiger partial charge is 0.444 e. The topological polar surface area (TPSA) is 46.6 Å². The van der Waals surface area contributed by atoms with E-state index < -0.39 is 29.0 Å². The summed E-state index contributed by atoms with van der Waals surface area (Å²) >= 11 is 5.15. The molecule has 0 aromatic carbocycles. The zero-order valence-corrected chi connectivity index (χ0v) is 11.7. The molecule has 0 spiro atoms. The van der Waals surface area contributed by atoms with Crippen LogP contribution in [0, 0.1) is 5.92 Å². The zero-order chi connectivity index (χ0) is 13.9. The van der Waals surface area contributed by atoms with Crippen LogP contribution in [0.15, 0.2) is 0 Å². The number of carbonyl (C=O) groups excluding carboxylic acids is 2. The Morgan fingerprint density at radius 3 is 2.56 bits per heavy atom. The van der Waals surface area contributed by atoms with Gasteiger partial charge in [-0.1, -0.05) is 0 Å². The molecule has 0 saturated carbocycles. The predicted octanol–water partition coefficient (Wildman–Crippen LogP) is 2.74. The number of amides is 1. The quantitative estimate of drug-likeness (QED) is 0.730. The van der Waals surface area contributed by atoms with E-state index in [0.29, 0.717) is 19.4 Å². The average Bonchev–Trinajstić information content (AvgIpc) is 2.25. The molecule has 0 aromatic heterocycles. The first kappa shape index (κ1) is 15.2. The molecule has 2 unspecified atom stereocenters. The molecule has 1 aliphatic heterocycles. The maximum absolute atomic E-state index is 13.5. The van der Waals surface area contributed by atoms with E-state index in [4.69, 9.17) is 16.3 Å². The number of carbonyl (C=O) groups is 2. The summed E-state index contributed by atoms with van der Waals surface area (Å²) in [5.74, 6) is -0.531. The molecular formula is C12H19ClFNO3. The minimum Gasteiger partial charge on any atom is -0.444 e. The van der Waals surface area contributed by atoms with Gasteiger partial charge in [0.2, 0.25) is 0 Å². The molecule has 0 N–H and O–H groups in total. The van der Waals surface area contributed by atoms with Crippen molar-refractivity contribution >= 4 is 22.9 Å². The first-order valence-electron chi connectivity index (χ1n) is 6.02. The van der Waals surface area contributed by atoms with Crippen LogP contribution < -0.4 is 0 Å². The fourth-order valence-electron chi connectivity index (χ4n) is 1.93. The summed E-state index contributed by atoms with van der Waals surface area (Å²) in [7, 11) is 0. The highest BCUT2D eigenvalue weighted by Crippen LogP contribution is 2.24. The van der Waals surface area contributed by atoms with Gasteiger partial charge in [-0.3, -0.25) is 4.79 Å². The third-order valence-electron chi connectivity index (χ3n) is 2.74. The first-order valence-corrected chi connectivity index (χ1v) is 6.40. The molecule has 0 radical (unpaired) electrons. The molecule has 1 fully saturated rings. The van der Waals surface area contributed by atoms with Gasteiger partial charge in [0.25, 0.3) is 5.24 Å². The number of hydrogen-bond acceptors (Lipinski definition) is 3. The second-order valence-corrected chi connectivity index (χ2v) is 5.91. The summed E-state index contributed by atoms with van der Waals surface area (Å²) in [5, 5.41) is -0.994. The van der Waals surface area contributed by atoms with E-state index in [1.807, 2.05) is 0 Å². The molecule has 6 heteroatoms. The van der Waals surface area contributed by atoms with E-state index in [-0.39, 0.29) is 6.54 Å². The van der Waals surface area contributed by atoms with Gasteiger partial charge in [-0.25, -0.2) is 9.18 Å². The van der Waals surface area contributed by atoms with Crippen molar-refractivity contribution in [2.24, 2.45) is 5.92 Å². The van der Waals surface area contributed by atoms with Crippen LogP contribution in [0.2, 0.25) is 0 Å². The molecule has 1 rings (SSSR count). The zero-order valence-electron chi connectivity index (χ0n) is 10.9. The van der Waals surface area contributed by atoms with Gasteiger partial charge in [-0.2, -0.15) is 0 Å². The Kier molecular flexibility index (Phi) is 4.96. The van der Waals surface area contributed by atoms with E-state index in [1.165, 1.54) is 4.90 Å². The molecule has 0 aromatic rings. The molecule has 0 aliphatic carbocycles. The fourth-order valence-corrected chi connectivity index (χ4v) is 2.10. The summed E-state index contributed by atoms with van der Waals surface area (Å²) in [6.45, 7) is 6.01. The van der Waals surface area contributed by atoms with Gasteiger partial charge in [0.15, 0.2) is 6.17 Å². The van der Waals surface area contributed by atoms with Crippen LogP contribution >= 0.6 is 11.6 Å². The first-order chi connectivity index (χ1) is 8.20. The van der Waals surface area contributed by atoms with Crippen LogP contribution in [-0.4, -0.2) is 41.1 Å². The van der Waals surface area contributed by atoms with Crippen LogP contribution in [0.1, 0.15) is 33.6 Å². The lowest BCUT2D eigenvalue weighted by Crippen LogP contribution is -2.45. The van der Waals surface area contributed by atoms with Gasteiger partial charge in [0.1, 0.15) is 5.60 Å². The summed E-state index contributed by atoms with van der Waals surface area (Å²) in [6, 6.07) is 0. The van der Waals surface area contributed by atoms with Crippen molar-refractivity contribution in [3.63, 3.8) is 0 Å². The molecule has 0 bridgehead atoms. The Hall–Kier alpha value is -0.840. The fraction of sp³-hybridized carbons (Fsp3) is 0.833. The molecule has 1 saturated heterocycles. The monoisotopic (exact) mass is 279 g/mol. The Morgan fingerprint density at radius 2 is 2.06 bits per heavy atom. The Bertz CT molecular complexity index is 330. The molecule has 4 nitrogen and oxygen atoms in total. The highest BCUT2D eigenvalue weighted by molar-refractivity contribution is 6.64. The standard InChI is InChI=1S/C12H19ClFNO3/c1-12(2,3)18-11(17)15-6-4-5-8(7-15)9(14)10(13)16/h8-9H,4-7H2,1-3H3. The number of rotatable bonds is 2. The van der Waals surface area contributed by atoms with Gasteiger partial charge in [0, 0.05) is 19.0 Å². The van der Waals surface area contributed by atoms with E-state index in [1.54, 1.807) is 20.8 Å². The van der Waals surface area contributed by atoms with Gasteiger partial charge in [-0.15, -0.1) is 0 Å². The van der Waals surface area contributed by atoms with E-state index >= 15 is 0 Å². The lowest BCUT2D eigenvalue weighted by molar-refractivity contribution is -0.118. The number of piperidine rings is 1. The van der Waals surface area contributed by atoms with E-state index in [0.717, 1.165) is 0 Å². The highest BCUT2D eigenvalue weighted by Gasteiger charge is 2.34. The van der Waals surface area contributed by atoms with Crippen LogP contribution in [0.3, 0.4) is 0 Å². The molecule has 18 heavy (non-hydrogen) atoms. The van der Waals surface area contributed by atoms with Crippen molar-refractivity contribution in [1.82, 2.24) is 4.90 Å². The van der Waals surface area contributed by atoms with Gasteiger partial charge >= 0.3 is 6.09 Å². The van der Waals surface area contributed by atoms with Crippen molar-refractivity contribution in [3.05, 3.63) is 0 Å². The van der Waals surface area contributed by atoms with Crippen molar-refractivity contribution < 1.29 is 18.7 Å². The van der Waals surface area contributed by atoms with Gasteiger partial charge in [0.05, 0.1) is 0 Å². The van der Waals surface area contributed by atoms with Gasteiger partial charge < -0.3 is 9.64 Å². The number of nitrogens with zero attached hydrogens (tertiary/aromatic N) is 1. The molecule has 1 amide bonds. The van der Waals surface area contributed by atoms with Crippen molar-refractivity contribution in [1.29, 1.82) is 0 Å². The second kappa shape index (κ2) is 5.87. The van der Waals surface area contributed by atoms with Crippen molar-refractivity contribution in [2.75, 3.05) is 13.1 Å². The maximum Gasteiger partial charge on any atom is 0.410 e. The summed E-state index contributed by atoms with van der Waals surface area (Å²) in [4.78, 5) is 24.1. The lowest BCUT2D eigenvalue weighted by atomic mass is 9.94.